The fraction of sp³-hybridized carbons (Fsp3) is 0.500. The number of piperidine rings is 1. The molecule has 2 saturated heterocycles. The minimum atomic E-state index is -1.05. The molecule has 2 N–H and O–H groups in total. The number of rotatable bonds is 6. The van der Waals surface area contributed by atoms with E-state index in [1.54, 1.807) is 29.2 Å². The number of hydrogen-bond acceptors (Lipinski definition) is 4. The number of nitrogens with one attached hydrogen (secondary N) is 2. The van der Waals surface area contributed by atoms with E-state index >= 15 is 0 Å². The minimum Gasteiger partial charge on any atom is -0.466 e. The molecule has 2 aliphatic heterocycles. The van der Waals surface area contributed by atoms with Crippen LogP contribution < -0.4 is 10.6 Å². The number of halogens is 1. The number of urea groups is 1. The molecule has 0 bridgehead atoms. The van der Waals surface area contributed by atoms with Crippen molar-refractivity contribution in [3.63, 3.8) is 0 Å². The molecule has 27 heavy (non-hydrogen) atoms. The third-order valence-corrected chi connectivity index (χ3v) is 5.49. The summed E-state index contributed by atoms with van der Waals surface area (Å²) in [6.07, 6.45) is 5.83. The summed E-state index contributed by atoms with van der Waals surface area (Å²) >= 11 is 0. The zero-order valence-corrected chi connectivity index (χ0v) is 15.5. The average Bonchev–Trinajstić information content (AvgIpc) is 3.02. The van der Waals surface area contributed by atoms with Crippen LogP contribution in [0.5, 0.6) is 0 Å². The molecular formula is C20H26FN3O3. The van der Waals surface area contributed by atoms with Gasteiger partial charge in [-0.3, -0.25) is 0 Å². The van der Waals surface area contributed by atoms with Crippen LogP contribution in [-0.2, 0) is 15.1 Å². The molecule has 0 saturated carbocycles. The summed E-state index contributed by atoms with van der Waals surface area (Å²) in [5.41, 5.74) is -0.683. The van der Waals surface area contributed by atoms with Crippen LogP contribution in [-0.4, -0.2) is 50.2 Å². The molecule has 1 atom stereocenters. The second kappa shape index (κ2) is 8.52. The van der Waals surface area contributed by atoms with Crippen molar-refractivity contribution in [2.24, 2.45) is 5.92 Å². The van der Waals surface area contributed by atoms with Gasteiger partial charge in [0.1, 0.15) is 11.4 Å². The summed E-state index contributed by atoms with van der Waals surface area (Å²) in [5.74, 6) is -0.415. The maximum absolute atomic E-state index is 14.7. The molecule has 2 amide bonds. The Morgan fingerprint density at radius 3 is 2.81 bits per heavy atom. The van der Waals surface area contributed by atoms with Crippen LogP contribution in [0.1, 0.15) is 24.8 Å². The van der Waals surface area contributed by atoms with E-state index in [4.69, 9.17) is 0 Å². The summed E-state index contributed by atoms with van der Waals surface area (Å²) in [4.78, 5) is 25.9. The lowest BCUT2D eigenvalue weighted by Gasteiger charge is -2.36. The van der Waals surface area contributed by atoms with Gasteiger partial charge < -0.3 is 20.3 Å². The van der Waals surface area contributed by atoms with Crippen molar-refractivity contribution < 1.29 is 18.7 Å². The Morgan fingerprint density at radius 1 is 1.37 bits per heavy atom. The molecule has 0 aromatic heterocycles. The topological polar surface area (TPSA) is 70.7 Å². The molecule has 146 valence electrons. The molecule has 1 aromatic rings. The number of carbonyl (C=O) groups is 2. The Labute approximate surface area is 158 Å². The zero-order chi connectivity index (χ0) is 19.3. The lowest BCUT2D eigenvalue weighted by molar-refractivity contribution is -0.134. The van der Waals surface area contributed by atoms with E-state index < -0.39 is 17.3 Å². The largest absolute Gasteiger partial charge is 0.466 e. The Kier molecular flexibility index (Phi) is 6.11. The summed E-state index contributed by atoms with van der Waals surface area (Å²) < 4.78 is 19.4. The highest BCUT2D eigenvalue weighted by molar-refractivity contribution is 5.83. The standard InChI is InChI=1S/C20H26FN3O3/c1-27-18(25)6-10-20(16-4-2-3-5-17(16)21)14-23-19(26)24(20)13-9-15-7-11-22-12-8-15/h2-6,10,15,22H,7-9,11-14H2,1H3,(H,23,26). The summed E-state index contributed by atoms with van der Waals surface area (Å²) in [6.45, 7) is 2.66. The molecule has 3 rings (SSSR count). The minimum absolute atomic E-state index is 0.201. The zero-order valence-electron chi connectivity index (χ0n) is 15.5. The third kappa shape index (κ3) is 4.13. The van der Waals surface area contributed by atoms with Crippen LogP contribution in [0.3, 0.4) is 0 Å². The van der Waals surface area contributed by atoms with Crippen LogP contribution in [0, 0.1) is 11.7 Å². The lowest BCUT2D eigenvalue weighted by atomic mass is 9.87. The molecular weight excluding hydrogens is 349 g/mol. The molecule has 7 heteroatoms. The van der Waals surface area contributed by atoms with Crippen molar-refractivity contribution in [3.8, 4) is 0 Å². The molecule has 2 heterocycles. The van der Waals surface area contributed by atoms with Gasteiger partial charge in [0.15, 0.2) is 0 Å². The van der Waals surface area contributed by atoms with Gasteiger partial charge >= 0.3 is 12.0 Å². The Bertz CT molecular complexity index is 718. The van der Waals surface area contributed by atoms with Gasteiger partial charge in [0.25, 0.3) is 0 Å². The average molecular weight is 375 g/mol. The van der Waals surface area contributed by atoms with E-state index in [-0.39, 0.29) is 12.6 Å². The van der Waals surface area contributed by atoms with Gasteiger partial charge in [-0.05, 0) is 50.4 Å². The number of amides is 2. The molecule has 0 spiro atoms. The molecule has 1 aromatic carbocycles. The van der Waals surface area contributed by atoms with Gasteiger partial charge in [-0.15, -0.1) is 0 Å². The monoisotopic (exact) mass is 375 g/mol. The fourth-order valence-corrected chi connectivity index (χ4v) is 3.93. The number of nitrogens with zero attached hydrogens (tertiary/aromatic N) is 1. The third-order valence-electron chi connectivity index (χ3n) is 5.49. The van der Waals surface area contributed by atoms with Gasteiger partial charge in [-0.2, -0.15) is 0 Å². The van der Waals surface area contributed by atoms with Crippen molar-refractivity contribution >= 4 is 12.0 Å². The van der Waals surface area contributed by atoms with Gasteiger partial charge in [-0.25, -0.2) is 14.0 Å². The molecule has 0 radical (unpaired) electrons. The predicted molar refractivity (Wildman–Crippen MR) is 99.5 cm³/mol. The van der Waals surface area contributed by atoms with Crippen molar-refractivity contribution in [3.05, 3.63) is 47.8 Å². The van der Waals surface area contributed by atoms with E-state index in [0.717, 1.165) is 32.4 Å². The number of benzene rings is 1. The van der Waals surface area contributed by atoms with Crippen LogP contribution >= 0.6 is 0 Å². The van der Waals surface area contributed by atoms with E-state index in [1.165, 1.54) is 19.3 Å². The van der Waals surface area contributed by atoms with Gasteiger partial charge in [0.05, 0.1) is 13.7 Å². The molecule has 0 aliphatic carbocycles. The van der Waals surface area contributed by atoms with Crippen LogP contribution in [0.25, 0.3) is 0 Å². The first-order valence-electron chi connectivity index (χ1n) is 9.35. The Morgan fingerprint density at radius 2 is 2.11 bits per heavy atom. The molecule has 1 unspecified atom stereocenters. The predicted octanol–water partition coefficient (Wildman–Crippen LogP) is 2.17. The first kappa shape index (κ1) is 19.4. The van der Waals surface area contributed by atoms with Crippen molar-refractivity contribution in [1.29, 1.82) is 0 Å². The summed E-state index contributed by atoms with van der Waals surface area (Å²) in [5, 5.41) is 6.16. The van der Waals surface area contributed by atoms with E-state index in [0.29, 0.717) is 18.0 Å². The molecule has 2 aliphatic rings. The van der Waals surface area contributed by atoms with Gasteiger partial charge in [-0.1, -0.05) is 18.2 Å². The SMILES string of the molecule is COC(=O)C=CC1(c2ccccc2F)CNC(=O)N1CCC1CCNCC1. The Hall–Kier alpha value is -2.41. The second-order valence-corrected chi connectivity index (χ2v) is 7.05. The van der Waals surface area contributed by atoms with E-state index in [2.05, 4.69) is 15.4 Å². The number of hydrogen-bond donors (Lipinski definition) is 2. The molecule has 6 nitrogen and oxygen atoms in total. The number of methoxy groups -OCH3 is 1. The highest BCUT2D eigenvalue weighted by atomic mass is 19.1. The summed E-state index contributed by atoms with van der Waals surface area (Å²) in [6, 6.07) is 6.13. The van der Waals surface area contributed by atoms with E-state index in [1.807, 2.05) is 0 Å². The van der Waals surface area contributed by atoms with Crippen LogP contribution in [0.15, 0.2) is 36.4 Å². The number of carbonyl (C=O) groups excluding carboxylic acids is 2. The maximum atomic E-state index is 14.7. The normalized spacial score (nSPS) is 23.6. The highest BCUT2D eigenvalue weighted by Gasteiger charge is 2.46. The first-order chi connectivity index (χ1) is 13.1. The van der Waals surface area contributed by atoms with Gasteiger partial charge in [0, 0.05) is 18.2 Å². The van der Waals surface area contributed by atoms with Crippen LogP contribution in [0.2, 0.25) is 0 Å². The Balaban J connectivity index is 1.91. The lowest BCUT2D eigenvalue weighted by Crippen LogP contribution is -2.45. The fourth-order valence-electron chi connectivity index (χ4n) is 3.93. The van der Waals surface area contributed by atoms with E-state index in [9.17, 15) is 14.0 Å². The number of esters is 1. The maximum Gasteiger partial charge on any atom is 0.330 e. The second-order valence-electron chi connectivity index (χ2n) is 7.05. The van der Waals surface area contributed by atoms with Crippen LogP contribution in [0.4, 0.5) is 9.18 Å². The van der Waals surface area contributed by atoms with Crippen molar-refractivity contribution in [2.45, 2.75) is 24.8 Å². The highest BCUT2D eigenvalue weighted by Crippen LogP contribution is 2.36. The first-order valence-corrected chi connectivity index (χ1v) is 9.35. The quantitative estimate of drug-likeness (QED) is 0.591. The van der Waals surface area contributed by atoms with Crippen molar-refractivity contribution in [2.75, 3.05) is 33.3 Å². The molecule has 2 fully saturated rings. The van der Waals surface area contributed by atoms with Crippen molar-refractivity contribution in [1.82, 2.24) is 15.5 Å². The van der Waals surface area contributed by atoms with Gasteiger partial charge in [0.2, 0.25) is 0 Å². The smallest absolute Gasteiger partial charge is 0.330 e. The number of ether oxygens (including phenoxy) is 1. The summed E-state index contributed by atoms with van der Waals surface area (Å²) in [7, 11) is 1.29.